The summed E-state index contributed by atoms with van der Waals surface area (Å²) in [6.07, 6.45) is 1.87. The van der Waals surface area contributed by atoms with Crippen molar-refractivity contribution in [3.63, 3.8) is 0 Å². The van der Waals surface area contributed by atoms with Gasteiger partial charge in [-0.2, -0.15) is 0 Å². The quantitative estimate of drug-likeness (QED) is 0.548. The van der Waals surface area contributed by atoms with Gasteiger partial charge in [0, 0.05) is 6.54 Å². The van der Waals surface area contributed by atoms with Gasteiger partial charge in [-0.3, -0.25) is 19.8 Å². The van der Waals surface area contributed by atoms with Crippen LogP contribution in [0.3, 0.4) is 0 Å². The molecule has 5 nitrogen and oxygen atoms in total. The molecule has 0 aromatic heterocycles. The number of hydrogen-bond acceptors (Lipinski definition) is 3. The maximum Gasteiger partial charge on any atom is 0.331 e. The van der Waals surface area contributed by atoms with Crippen LogP contribution in [0.5, 0.6) is 0 Å². The second-order valence-corrected chi connectivity index (χ2v) is 6.72. The number of carbonyl (C=O) groups is 3. The van der Waals surface area contributed by atoms with Crippen LogP contribution in [-0.2, 0) is 16.0 Å². The van der Waals surface area contributed by atoms with E-state index in [9.17, 15) is 18.8 Å². The van der Waals surface area contributed by atoms with Crippen molar-refractivity contribution in [2.45, 2.75) is 6.42 Å². The number of imide groups is 2. The minimum absolute atomic E-state index is 0.0798. The molecule has 0 spiro atoms. The number of amides is 4. The summed E-state index contributed by atoms with van der Waals surface area (Å²) in [7, 11) is 0. The van der Waals surface area contributed by atoms with Crippen LogP contribution >= 0.6 is 0 Å². The van der Waals surface area contributed by atoms with Crippen LogP contribution in [0, 0.1) is 5.82 Å². The Morgan fingerprint density at radius 1 is 0.897 bits per heavy atom. The fraction of sp³-hybridized carbons (Fsp3) is 0.0870. The summed E-state index contributed by atoms with van der Waals surface area (Å²) in [6.45, 7) is 0.0798. The highest BCUT2D eigenvalue weighted by Crippen LogP contribution is 2.22. The molecule has 3 aromatic rings. The number of benzene rings is 3. The molecule has 3 aromatic carbocycles. The van der Waals surface area contributed by atoms with Gasteiger partial charge < -0.3 is 0 Å². The van der Waals surface area contributed by atoms with Crippen LogP contribution < -0.4 is 5.32 Å². The van der Waals surface area contributed by atoms with Gasteiger partial charge in [-0.15, -0.1) is 0 Å². The van der Waals surface area contributed by atoms with E-state index in [0.717, 1.165) is 26.8 Å². The third-order valence-electron chi connectivity index (χ3n) is 4.85. The van der Waals surface area contributed by atoms with Crippen molar-refractivity contribution in [2.75, 3.05) is 6.54 Å². The van der Waals surface area contributed by atoms with Gasteiger partial charge in [-0.25, -0.2) is 9.18 Å². The molecule has 29 heavy (non-hydrogen) atoms. The highest BCUT2D eigenvalue weighted by atomic mass is 19.1. The lowest BCUT2D eigenvalue weighted by Crippen LogP contribution is -2.54. The molecule has 144 valence electrons. The Morgan fingerprint density at radius 3 is 2.41 bits per heavy atom. The van der Waals surface area contributed by atoms with Crippen LogP contribution in [0.25, 0.3) is 16.8 Å². The highest BCUT2D eigenvalue weighted by Gasteiger charge is 2.35. The molecule has 0 unspecified atom stereocenters. The van der Waals surface area contributed by atoms with E-state index in [0.29, 0.717) is 6.42 Å². The smallest absolute Gasteiger partial charge is 0.273 e. The predicted molar refractivity (Wildman–Crippen MR) is 107 cm³/mol. The number of nitrogens with zero attached hydrogens (tertiary/aromatic N) is 1. The molecule has 1 heterocycles. The Bertz CT molecular complexity index is 1150. The number of barbiturate groups is 1. The molecule has 1 aliphatic heterocycles. The number of hydrogen-bond donors (Lipinski definition) is 1. The molecule has 4 rings (SSSR count). The van der Waals surface area contributed by atoms with Gasteiger partial charge in [0.15, 0.2) is 0 Å². The molecule has 0 radical (unpaired) electrons. The number of halogens is 1. The number of rotatable bonds is 4. The van der Waals surface area contributed by atoms with Crippen LogP contribution in [0.2, 0.25) is 0 Å². The molecule has 6 heteroatoms. The first-order valence-corrected chi connectivity index (χ1v) is 9.14. The number of carbonyl (C=O) groups excluding carboxylic acids is 3. The van der Waals surface area contributed by atoms with Gasteiger partial charge in [-0.05, 0) is 46.5 Å². The zero-order chi connectivity index (χ0) is 20.4. The van der Waals surface area contributed by atoms with Gasteiger partial charge >= 0.3 is 6.03 Å². The van der Waals surface area contributed by atoms with E-state index >= 15 is 0 Å². The van der Waals surface area contributed by atoms with Crippen LogP contribution in [-0.4, -0.2) is 29.3 Å². The summed E-state index contributed by atoms with van der Waals surface area (Å²) >= 11 is 0. The summed E-state index contributed by atoms with van der Waals surface area (Å²) in [5.41, 5.74) is 1.40. The number of nitrogens with one attached hydrogen (secondary N) is 1. The Kier molecular flexibility index (Phi) is 4.91. The largest absolute Gasteiger partial charge is 0.331 e. The summed E-state index contributed by atoms with van der Waals surface area (Å²) in [4.78, 5) is 38.4. The van der Waals surface area contributed by atoms with Gasteiger partial charge in [0.1, 0.15) is 11.4 Å². The van der Waals surface area contributed by atoms with Gasteiger partial charge in [-0.1, -0.05) is 54.6 Å². The molecule has 1 N–H and O–H groups in total. The van der Waals surface area contributed by atoms with E-state index in [1.54, 1.807) is 12.1 Å². The highest BCUT2D eigenvalue weighted by molar-refractivity contribution is 6.31. The fourth-order valence-corrected chi connectivity index (χ4v) is 3.32. The standard InChI is InChI=1S/C23H17FN2O3/c24-18-10-8-15(9-11-18)12-13-26-22(28)20(21(27)25-23(26)29)14-17-6-3-5-16-4-1-2-7-19(16)17/h1-11,14H,12-13H2,(H,25,27,29)/b20-14-. The zero-order valence-corrected chi connectivity index (χ0v) is 15.4. The van der Waals surface area contributed by atoms with E-state index in [1.807, 2.05) is 42.5 Å². The van der Waals surface area contributed by atoms with Crippen molar-refractivity contribution in [1.82, 2.24) is 10.2 Å². The summed E-state index contributed by atoms with van der Waals surface area (Å²) in [5.74, 6) is -1.72. The van der Waals surface area contributed by atoms with E-state index in [-0.39, 0.29) is 17.9 Å². The van der Waals surface area contributed by atoms with E-state index in [4.69, 9.17) is 0 Å². The summed E-state index contributed by atoms with van der Waals surface area (Å²) in [5, 5.41) is 4.10. The second kappa shape index (κ2) is 7.67. The molecule has 1 aliphatic rings. The van der Waals surface area contributed by atoms with Gasteiger partial charge in [0.2, 0.25) is 0 Å². The topological polar surface area (TPSA) is 66.5 Å². The average Bonchev–Trinajstić information content (AvgIpc) is 2.72. The SMILES string of the molecule is O=C1NC(=O)N(CCc2ccc(F)cc2)C(=O)/C1=C\c1cccc2ccccc12. The van der Waals surface area contributed by atoms with Crippen molar-refractivity contribution < 1.29 is 18.8 Å². The first kappa shape index (κ1) is 18.6. The molecule has 1 fully saturated rings. The third kappa shape index (κ3) is 3.78. The van der Waals surface area contributed by atoms with Crippen LogP contribution in [0.1, 0.15) is 11.1 Å². The van der Waals surface area contributed by atoms with Crippen molar-refractivity contribution in [2.24, 2.45) is 0 Å². The number of urea groups is 1. The predicted octanol–water partition coefficient (Wildman–Crippen LogP) is 3.68. The third-order valence-corrected chi connectivity index (χ3v) is 4.85. The van der Waals surface area contributed by atoms with Crippen LogP contribution in [0.4, 0.5) is 9.18 Å². The molecular formula is C23H17FN2O3. The normalized spacial score (nSPS) is 15.8. The Morgan fingerprint density at radius 2 is 1.62 bits per heavy atom. The maximum absolute atomic E-state index is 13.0. The summed E-state index contributed by atoms with van der Waals surface area (Å²) < 4.78 is 13.0. The Labute approximate surface area is 166 Å². The van der Waals surface area contributed by atoms with Crippen molar-refractivity contribution in [3.05, 3.63) is 89.2 Å². The summed E-state index contributed by atoms with van der Waals surface area (Å²) in [6, 6.07) is 18.3. The lowest BCUT2D eigenvalue weighted by atomic mass is 10.0. The minimum atomic E-state index is -0.753. The van der Waals surface area contributed by atoms with Crippen molar-refractivity contribution in [1.29, 1.82) is 0 Å². The Balaban J connectivity index is 1.62. The molecule has 0 aliphatic carbocycles. The van der Waals surface area contributed by atoms with E-state index in [1.165, 1.54) is 18.2 Å². The van der Waals surface area contributed by atoms with Gasteiger partial charge in [0.05, 0.1) is 0 Å². The molecule has 0 bridgehead atoms. The maximum atomic E-state index is 13.0. The molecule has 1 saturated heterocycles. The van der Waals surface area contributed by atoms with Crippen LogP contribution in [0.15, 0.2) is 72.3 Å². The van der Waals surface area contributed by atoms with Crippen molar-refractivity contribution in [3.8, 4) is 0 Å². The lowest BCUT2D eigenvalue weighted by Gasteiger charge is -2.26. The second-order valence-electron chi connectivity index (χ2n) is 6.72. The molecular weight excluding hydrogens is 371 g/mol. The lowest BCUT2D eigenvalue weighted by molar-refractivity contribution is -0.130. The first-order chi connectivity index (χ1) is 14.0. The number of fused-ring (bicyclic) bond motifs is 1. The fourth-order valence-electron chi connectivity index (χ4n) is 3.32. The average molecular weight is 388 g/mol. The minimum Gasteiger partial charge on any atom is -0.273 e. The first-order valence-electron chi connectivity index (χ1n) is 9.14. The zero-order valence-electron chi connectivity index (χ0n) is 15.4. The monoisotopic (exact) mass is 388 g/mol. The molecule has 0 atom stereocenters. The van der Waals surface area contributed by atoms with E-state index in [2.05, 4.69) is 5.32 Å². The van der Waals surface area contributed by atoms with Crippen molar-refractivity contribution >= 4 is 34.7 Å². The Hall–Kier alpha value is -3.80. The molecule has 0 saturated carbocycles. The molecule has 4 amide bonds. The van der Waals surface area contributed by atoms with Gasteiger partial charge in [0.25, 0.3) is 11.8 Å². The van der Waals surface area contributed by atoms with E-state index < -0.39 is 17.8 Å².